The molecule has 0 N–H and O–H groups in total. The van der Waals surface area contributed by atoms with Gasteiger partial charge in [-0.2, -0.15) is 5.10 Å². The van der Waals surface area contributed by atoms with Crippen molar-refractivity contribution in [3.05, 3.63) is 11.5 Å². The van der Waals surface area contributed by atoms with Crippen LogP contribution in [0.1, 0.15) is 51.6 Å². The molecule has 0 bridgehead atoms. The molecule has 0 fully saturated rings. The summed E-state index contributed by atoms with van der Waals surface area (Å²) in [6.07, 6.45) is 3.69. The summed E-state index contributed by atoms with van der Waals surface area (Å²) in [7, 11) is 0. The molecule has 2 aromatic heterocycles. The third-order valence-electron chi connectivity index (χ3n) is 3.71. The quantitative estimate of drug-likeness (QED) is 0.569. The molecule has 2 rings (SSSR count). The monoisotopic (exact) mass is 296 g/mol. The van der Waals surface area contributed by atoms with Gasteiger partial charge < -0.3 is 4.57 Å². The van der Waals surface area contributed by atoms with Crippen LogP contribution in [-0.4, -0.2) is 19.3 Å². The first-order valence-corrected chi connectivity index (χ1v) is 8.10. The molecule has 0 aliphatic rings. The molecule has 112 valence electrons. The van der Waals surface area contributed by atoms with E-state index in [-0.39, 0.29) is 0 Å². The number of imidazole rings is 1. The van der Waals surface area contributed by atoms with Crippen LogP contribution in [0.4, 0.5) is 0 Å². The fourth-order valence-electron chi connectivity index (χ4n) is 2.65. The highest BCUT2D eigenvalue weighted by atomic mass is 35.5. The second-order valence-corrected chi connectivity index (χ2v) is 6.04. The summed E-state index contributed by atoms with van der Waals surface area (Å²) in [5, 5.41) is 4.55. The molecule has 0 unspecified atom stereocenters. The molecule has 0 aliphatic heterocycles. The average molecular weight is 297 g/mol. The van der Waals surface area contributed by atoms with Gasteiger partial charge in [-0.25, -0.2) is 9.67 Å². The number of alkyl halides is 1. The van der Waals surface area contributed by atoms with E-state index in [2.05, 4.69) is 35.4 Å². The third-order valence-corrected chi connectivity index (χ3v) is 3.95. The highest BCUT2D eigenvalue weighted by Crippen LogP contribution is 2.22. The summed E-state index contributed by atoms with van der Waals surface area (Å²) in [4.78, 5) is 4.66. The highest BCUT2D eigenvalue weighted by Gasteiger charge is 2.17. The fraction of sp³-hybridized carbons (Fsp3) is 0.733. The topological polar surface area (TPSA) is 35.6 Å². The number of hydrogen-bond donors (Lipinski definition) is 0. The lowest BCUT2D eigenvalue weighted by molar-refractivity contribution is 0.504. The van der Waals surface area contributed by atoms with Crippen LogP contribution < -0.4 is 0 Å². The van der Waals surface area contributed by atoms with E-state index < -0.39 is 0 Å². The lowest BCUT2D eigenvalue weighted by Gasteiger charge is -2.10. The number of aromatic nitrogens is 4. The van der Waals surface area contributed by atoms with Crippen LogP contribution in [0, 0.1) is 12.8 Å². The van der Waals surface area contributed by atoms with Gasteiger partial charge in [-0.1, -0.05) is 26.7 Å². The molecule has 0 radical (unpaired) electrons. The van der Waals surface area contributed by atoms with Crippen LogP contribution in [0.3, 0.4) is 0 Å². The summed E-state index contributed by atoms with van der Waals surface area (Å²) in [5.41, 5.74) is 3.13. The molecule has 0 atom stereocenters. The van der Waals surface area contributed by atoms with E-state index in [0.29, 0.717) is 5.88 Å². The standard InChI is InChI=1S/C15H25ClN4/c1-5-20-15-14(12(4)18-20)17-13(10-16)19(15)9-7-6-8-11(2)3/h11H,5-10H2,1-4H3. The largest absolute Gasteiger partial charge is 0.312 e. The first kappa shape index (κ1) is 15.4. The summed E-state index contributed by atoms with van der Waals surface area (Å²) in [6.45, 7) is 10.5. The minimum atomic E-state index is 0.460. The number of rotatable bonds is 7. The normalized spacial score (nSPS) is 11.9. The zero-order chi connectivity index (χ0) is 14.7. The van der Waals surface area contributed by atoms with Crippen molar-refractivity contribution in [2.75, 3.05) is 0 Å². The second kappa shape index (κ2) is 6.61. The molecular formula is C15H25ClN4. The van der Waals surface area contributed by atoms with Crippen LogP contribution in [0.2, 0.25) is 0 Å². The molecule has 0 saturated carbocycles. The van der Waals surface area contributed by atoms with E-state index in [9.17, 15) is 0 Å². The van der Waals surface area contributed by atoms with Crippen LogP contribution in [0.5, 0.6) is 0 Å². The van der Waals surface area contributed by atoms with Gasteiger partial charge >= 0.3 is 0 Å². The van der Waals surface area contributed by atoms with Crippen molar-refractivity contribution in [3.8, 4) is 0 Å². The van der Waals surface area contributed by atoms with Crippen LogP contribution in [0.15, 0.2) is 0 Å². The van der Waals surface area contributed by atoms with Crippen molar-refractivity contribution in [1.82, 2.24) is 19.3 Å². The number of aryl methyl sites for hydroxylation is 3. The first-order chi connectivity index (χ1) is 9.58. The molecule has 2 aromatic rings. The van der Waals surface area contributed by atoms with Gasteiger partial charge in [-0.3, -0.25) is 0 Å². The maximum absolute atomic E-state index is 6.06. The Bertz CT molecular complexity index is 568. The molecule has 0 spiro atoms. The Morgan fingerprint density at radius 2 is 2.00 bits per heavy atom. The Morgan fingerprint density at radius 3 is 2.60 bits per heavy atom. The lowest BCUT2D eigenvalue weighted by Crippen LogP contribution is -2.08. The SMILES string of the molecule is CCn1nc(C)c2nc(CCl)n(CCCCC(C)C)c21. The Kier molecular flexibility index (Phi) is 5.08. The van der Waals surface area contributed by atoms with Crippen LogP contribution in [-0.2, 0) is 19.0 Å². The molecule has 0 aliphatic carbocycles. The third kappa shape index (κ3) is 3.00. The molecule has 20 heavy (non-hydrogen) atoms. The van der Waals surface area contributed by atoms with Crippen molar-refractivity contribution in [2.24, 2.45) is 5.92 Å². The molecule has 0 saturated heterocycles. The van der Waals surface area contributed by atoms with Gasteiger partial charge in [0.15, 0.2) is 5.65 Å². The van der Waals surface area contributed by atoms with Crippen molar-refractivity contribution in [1.29, 1.82) is 0 Å². The number of fused-ring (bicyclic) bond motifs is 1. The molecule has 5 heteroatoms. The van der Waals surface area contributed by atoms with Gasteiger partial charge in [0.05, 0.1) is 11.6 Å². The van der Waals surface area contributed by atoms with Crippen molar-refractivity contribution >= 4 is 22.8 Å². The van der Waals surface area contributed by atoms with Gasteiger partial charge in [0.2, 0.25) is 0 Å². The Labute approximate surface area is 126 Å². The maximum atomic E-state index is 6.06. The van der Waals surface area contributed by atoms with E-state index in [4.69, 9.17) is 11.6 Å². The Morgan fingerprint density at radius 1 is 1.25 bits per heavy atom. The lowest BCUT2D eigenvalue weighted by atomic mass is 10.1. The summed E-state index contributed by atoms with van der Waals surface area (Å²) in [5.74, 6) is 2.20. The number of unbranched alkanes of at least 4 members (excludes halogenated alkanes) is 1. The van der Waals surface area contributed by atoms with Crippen molar-refractivity contribution in [3.63, 3.8) is 0 Å². The first-order valence-electron chi connectivity index (χ1n) is 7.56. The molecule has 4 nitrogen and oxygen atoms in total. The Hall–Kier alpha value is -1.03. The number of hydrogen-bond acceptors (Lipinski definition) is 2. The van der Waals surface area contributed by atoms with E-state index in [1.165, 1.54) is 19.3 Å². The highest BCUT2D eigenvalue weighted by molar-refractivity contribution is 6.16. The van der Waals surface area contributed by atoms with Crippen LogP contribution in [0.25, 0.3) is 11.2 Å². The van der Waals surface area contributed by atoms with Crippen molar-refractivity contribution in [2.45, 2.75) is 65.9 Å². The summed E-state index contributed by atoms with van der Waals surface area (Å²) in [6, 6.07) is 0. The van der Waals surface area contributed by atoms with Gasteiger partial charge in [0.1, 0.15) is 11.3 Å². The van der Waals surface area contributed by atoms with Crippen LogP contribution >= 0.6 is 11.6 Å². The van der Waals surface area contributed by atoms with Gasteiger partial charge in [-0.15, -0.1) is 11.6 Å². The molecular weight excluding hydrogens is 272 g/mol. The molecule has 0 amide bonds. The summed E-state index contributed by atoms with van der Waals surface area (Å²) < 4.78 is 4.29. The van der Waals surface area contributed by atoms with Gasteiger partial charge in [0.25, 0.3) is 0 Å². The zero-order valence-corrected chi connectivity index (χ0v) is 13.7. The number of nitrogens with zero attached hydrogens (tertiary/aromatic N) is 4. The van der Waals surface area contributed by atoms with E-state index >= 15 is 0 Å². The minimum absolute atomic E-state index is 0.460. The van der Waals surface area contributed by atoms with Gasteiger partial charge in [0, 0.05) is 13.1 Å². The fourth-order valence-corrected chi connectivity index (χ4v) is 2.85. The zero-order valence-electron chi connectivity index (χ0n) is 13.0. The summed E-state index contributed by atoms with van der Waals surface area (Å²) >= 11 is 6.06. The predicted octanol–water partition coefficient (Wildman–Crippen LogP) is 4.13. The predicted molar refractivity (Wildman–Crippen MR) is 84.2 cm³/mol. The van der Waals surface area contributed by atoms with E-state index in [1.54, 1.807) is 0 Å². The smallest absolute Gasteiger partial charge is 0.158 e. The minimum Gasteiger partial charge on any atom is -0.312 e. The maximum Gasteiger partial charge on any atom is 0.158 e. The molecule has 0 aromatic carbocycles. The van der Waals surface area contributed by atoms with E-state index in [0.717, 1.165) is 41.7 Å². The second-order valence-electron chi connectivity index (χ2n) is 5.78. The van der Waals surface area contributed by atoms with Gasteiger partial charge in [-0.05, 0) is 26.2 Å². The Balaban J connectivity index is 2.25. The van der Waals surface area contributed by atoms with Crippen molar-refractivity contribution < 1.29 is 0 Å². The molecule has 2 heterocycles. The van der Waals surface area contributed by atoms with E-state index in [1.807, 2.05) is 11.6 Å². The average Bonchev–Trinajstić information content (AvgIpc) is 2.92. The number of halogens is 1.